The molecule has 0 bridgehead atoms. The minimum atomic E-state index is -1.21. The van der Waals surface area contributed by atoms with Gasteiger partial charge in [0.05, 0.1) is 27.8 Å². The summed E-state index contributed by atoms with van der Waals surface area (Å²) < 4.78 is 18.5. The van der Waals surface area contributed by atoms with Crippen LogP contribution in [0.3, 0.4) is 0 Å². The molecule has 1 aromatic heterocycles. The molecule has 0 aliphatic rings. The van der Waals surface area contributed by atoms with Gasteiger partial charge >= 0.3 is 5.97 Å². The summed E-state index contributed by atoms with van der Waals surface area (Å²) in [5, 5.41) is 8.97. The molecule has 0 spiro atoms. The summed E-state index contributed by atoms with van der Waals surface area (Å²) in [4.78, 5) is 16.2. The Morgan fingerprint density at radius 2 is 1.85 bits per heavy atom. The van der Waals surface area contributed by atoms with Crippen LogP contribution in [0.4, 0.5) is 0 Å². The molecule has 6 heteroatoms. The Morgan fingerprint density at radius 3 is 2.50 bits per heavy atom. The van der Waals surface area contributed by atoms with E-state index in [-0.39, 0.29) is 11.3 Å². The third kappa shape index (κ3) is 3.75. The number of oxazole rings is 1. The van der Waals surface area contributed by atoms with E-state index in [1.807, 2.05) is 31.2 Å². The summed E-state index contributed by atoms with van der Waals surface area (Å²) >= 11 is 0. The Kier molecular flexibility index (Phi) is 5.32. The molecule has 0 fully saturated rings. The molecule has 0 aliphatic carbocycles. The second-order valence-corrected chi connectivity index (χ2v) is 7.28. The fourth-order valence-corrected chi connectivity index (χ4v) is 4.07. The van der Waals surface area contributed by atoms with Crippen molar-refractivity contribution >= 4 is 16.8 Å². The van der Waals surface area contributed by atoms with Crippen LogP contribution in [0, 0.1) is 6.92 Å². The zero-order chi connectivity index (χ0) is 18.7. The van der Waals surface area contributed by atoms with Gasteiger partial charge in [0.25, 0.3) is 0 Å². The van der Waals surface area contributed by atoms with Gasteiger partial charge in [-0.25, -0.2) is 9.78 Å². The number of carboxylic acids is 1. The molecule has 5 nitrogen and oxygen atoms in total. The molecule has 0 amide bonds. The van der Waals surface area contributed by atoms with Crippen LogP contribution in [0.25, 0.3) is 11.5 Å². The quantitative estimate of drug-likeness (QED) is 0.704. The topological polar surface area (TPSA) is 80.4 Å². The molecule has 134 valence electrons. The maximum Gasteiger partial charge on any atom is 0.335 e. The molecule has 3 rings (SSSR count). The van der Waals surface area contributed by atoms with Crippen molar-refractivity contribution in [2.24, 2.45) is 0 Å². The van der Waals surface area contributed by atoms with Crippen LogP contribution in [0.2, 0.25) is 0 Å². The predicted octanol–water partition coefficient (Wildman–Crippen LogP) is 4.22. The van der Waals surface area contributed by atoms with Gasteiger partial charge < -0.3 is 9.52 Å². The van der Waals surface area contributed by atoms with Crippen LogP contribution in [0.15, 0.2) is 57.8 Å². The number of rotatable bonds is 6. The maximum atomic E-state index is 12.8. The van der Waals surface area contributed by atoms with E-state index in [4.69, 9.17) is 9.52 Å². The first kappa shape index (κ1) is 18.1. The monoisotopic (exact) mass is 369 g/mol. The van der Waals surface area contributed by atoms with Crippen LogP contribution in [0.5, 0.6) is 0 Å². The molecule has 3 aromatic rings. The maximum absolute atomic E-state index is 12.8. The molecule has 26 heavy (non-hydrogen) atoms. The molecule has 1 heterocycles. The summed E-state index contributed by atoms with van der Waals surface area (Å²) in [6.07, 6.45) is 0.820. The summed E-state index contributed by atoms with van der Waals surface area (Å²) in [6, 6.07) is 14.0. The third-order valence-electron chi connectivity index (χ3n) is 4.14. The molecule has 0 aliphatic heterocycles. The highest BCUT2D eigenvalue weighted by atomic mass is 32.2. The average Bonchev–Trinajstić information content (AvgIpc) is 3.02. The number of carboxylic acid groups (broad SMARTS) is 1. The van der Waals surface area contributed by atoms with Crippen LogP contribution >= 0.6 is 0 Å². The smallest absolute Gasteiger partial charge is 0.335 e. The van der Waals surface area contributed by atoms with Gasteiger partial charge in [0.1, 0.15) is 5.76 Å². The van der Waals surface area contributed by atoms with Gasteiger partial charge in [-0.05, 0) is 49.2 Å². The first-order valence-electron chi connectivity index (χ1n) is 8.26. The van der Waals surface area contributed by atoms with E-state index in [1.165, 1.54) is 12.1 Å². The largest absolute Gasteiger partial charge is 0.478 e. The van der Waals surface area contributed by atoms with E-state index >= 15 is 0 Å². The van der Waals surface area contributed by atoms with Gasteiger partial charge in [0.2, 0.25) is 5.89 Å². The minimum Gasteiger partial charge on any atom is -0.478 e. The molecule has 0 saturated heterocycles. The zero-order valence-electron chi connectivity index (χ0n) is 14.6. The number of benzene rings is 2. The number of aromatic nitrogens is 1. The Hall–Kier alpha value is -2.73. The summed E-state index contributed by atoms with van der Waals surface area (Å²) in [5.74, 6) is 0.310. The van der Waals surface area contributed by atoms with E-state index in [0.717, 1.165) is 16.9 Å². The molecule has 1 atom stereocenters. The second-order valence-electron chi connectivity index (χ2n) is 5.86. The summed E-state index contributed by atoms with van der Waals surface area (Å²) in [7, 11) is -1.21. The lowest BCUT2D eigenvalue weighted by molar-refractivity contribution is 0.0697. The number of aryl methyl sites for hydroxylation is 2. The molecule has 0 saturated carbocycles. The van der Waals surface area contributed by atoms with Gasteiger partial charge in [0, 0.05) is 10.5 Å². The summed E-state index contributed by atoms with van der Waals surface area (Å²) in [5.41, 5.74) is 2.60. The van der Waals surface area contributed by atoms with E-state index in [0.29, 0.717) is 22.9 Å². The van der Waals surface area contributed by atoms with Gasteiger partial charge in [-0.2, -0.15) is 0 Å². The van der Waals surface area contributed by atoms with Crippen molar-refractivity contribution in [1.29, 1.82) is 0 Å². The SMILES string of the molecule is CCc1ccccc1S(=O)Cc1nc(-c2ccc(C(=O)O)cc2)oc1C. The highest BCUT2D eigenvalue weighted by Gasteiger charge is 2.16. The molecule has 1 N–H and O–H groups in total. The highest BCUT2D eigenvalue weighted by Crippen LogP contribution is 2.25. The van der Waals surface area contributed by atoms with Gasteiger partial charge in [-0.3, -0.25) is 4.21 Å². The molecule has 0 radical (unpaired) electrons. The standard InChI is InChI=1S/C20H19NO4S/c1-3-14-6-4-5-7-18(14)26(24)12-17-13(2)25-19(21-17)15-8-10-16(11-9-15)20(22)23/h4-11H,3,12H2,1-2H3,(H,22,23). The van der Waals surface area contributed by atoms with Crippen molar-refractivity contribution in [2.45, 2.75) is 30.9 Å². The van der Waals surface area contributed by atoms with Crippen molar-refractivity contribution in [2.75, 3.05) is 0 Å². The first-order valence-corrected chi connectivity index (χ1v) is 9.57. The van der Waals surface area contributed by atoms with Crippen LogP contribution in [-0.2, 0) is 23.0 Å². The van der Waals surface area contributed by atoms with E-state index in [2.05, 4.69) is 4.98 Å². The lowest BCUT2D eigenvalue weighted by atomic mass is 10.1. The zero-order valence-corrected chi connectivity index (χ0v) is 15.4. The fourth-order valence-electron chi connectivity index (χ4n) is 2.66. The van der Waals surface area contributed by atoms with Crippen molar-refractivity contribution in [1.82, 2.24) is 4.98 Å². The van der Waals surface area contributed by atoms with Crippen LogP contribution in [0.1, 0.15) is 34.3 Å². The van der Waals surface area contributed by atoms with Crippen molar-refractivity contribution in [3.05, 3.63) is 71.1 Å². The van der Waals surface area contributed by atoms with Gasteiger partial charge in [-0.15, -0.1) is 0 Å². The Labute approximate surface area is 154 Å². The Balaban J connectivity index is 1.84. The second kappa shape index (κ2) is 7.66. The van der Waals surface area contributed by atoms with Crippen molar-refractivity contribution in [3.63, 3.8) is 0 Å². The van der Waals surface area contributed by atoms with Crippen LogP contribution in [-0.4, -0.2) is 20.3 Å². The van der Waals surface area contributed by atoms with Crippen molar-refractivity contribution in [3.8, 4) is 11.5 Å². The number of hydrogen-bond donors (Lipinski definition) is 1. The number of hydrogen-bond acceptors (Lipinski definition) is 4. The minimum absolute atomic E-state index is 0.203. The van der Waals surface area contributed by atoms with Gasteiger partial charge in [-0.1, -0.05) is 25.1 Å². The molecular weight excluding hydrogens is 350 g/mol. The van der Waals surface area contributed by atoms with Gasteiger partial charge in [0.15, 0.2) is 0 Å². The normalized spacial score (nSPS) is 12.1. The van der Waals surface area contributed by atoms with Crippen LogP contribution < -0.4 is 0 Å². The lowest BCUT2D eigenvalue weighted by Crippen LogP contribution is -2.01. The predicted molar refractivity (Wildman–Crippen MR) is 99.6 cm³/mol. The lowest BCUT2D eigenvalue weighted by Gasteiger charge is -2.06. The number of nitrogens with zero attached hydrogens (tertiary/aromatic N) is 1. The highest BCUT2D eigenvalue weighted by molar-refractivity contribution is 7.84. The Bertz CT molecular complexity index is 960. The van der Waals surface area contributed by atoms with E-state index < -0.39 is 16.8 Å². The average molecular weight is 369 g/mol. The molecular formula is C20H19NO4S. The summed E-state index contributed by atoms with van der Waals surface area (Å²) in [6.45, 7) is 3.83. The molecule has 1 unspecified atom stereocenters. The van der Waals surface area contributed by atoms with Crippen molar-refractivity contribution < 1.29 is 18.5 Å². The van der Waals surface area contributed by atoms with E-state index in [9.17, 15) is 9.00 Å². The number of carbonyl (C=O) groups is 1. The number of aromatic carboxylic acids is 1. The third-order valence-corrected chi connectivity index (χ3v) is 5.56. The Morgan fingerprint density at radius 1 is 1.15 bits per heavy atom. The molecule has 2 aromatic carbocycles. The van der Waals surface area contributed by atoms with E-state index in [1.54, 1.807) is 19.1 Å². The first-order chi connectivity index (χ1) is 12.5. The fraction of sp³-hybridized carbons (Fsp3) is 0.200.